The number of hydrogen-bond donors (Lipinski definition) is 0. The Labute approximate surface area is 94.6 Å². The molecule has 7 heteroatoms. The molecule has 0 amide bonds. The molecule has 0 radical (unpaired) electrons. The Morgan fingerprint density at radius 2 is 1.00 bits per heavy atom. The predicted molar refractivity (Wildman–Crippen MR) is 66.3 cm³/mol. The van der Waals surface area contributed by atoms with Crippen LogP contribution in [0.4, 0.5) is 0 Å². The molecular weight excluding hydrogens is 304 g/mol. The Morgan fingerprint density at radius 3 is 1.15 bits per heavy atom. The van der Waals surface area contributed by atoms with E-state index in [-0.39, 0.29) is 0 Å². The molecule has 80 valence electrons. The van der Waals surface area contributed by atoms with Crippen LogP contribution in [0.2, 0.25) is 39.3 Å². The molecule has 0 N–H and O–H groups in total. The Kier molecular flexibility index (Phi) is 5.06. The SMILES string of the molecule is C[Si](C)(C)[O][Ge]([Cl])([Cl])[O][Si](C)(C)C. The molecule has 0 bridgehead atoms. The summed E-state index contributed by atoms with van der Waals surface area (Å²) >= 11 is -3.41. The average Bonchev–Trinajstić information content (AvgIpc) is 1.43. The standard InChI is InChI=1S/C6H18Cl2GeO2Si2/c1-12(2,3)10-9(7,8)11-13(4,5)6/h1-6H3. The zero-order valence-corrected chi connectivity index (χ0v) is 14.7. The summed E-state index contributed by atoms with van der Waals surface area (Å²) in [6.07, 6.45) is 0. The third-order valence-electron chi connectivity index (χ3n) is 0.850. The van der Waals surface area contributed by atoms with Crippen LogP contribution in [-0.2, 0) is 6.91 Å². The van der Waals surface area contributed by atoms with Gasteiger partial charge in [-0.2, -0.15) is 0 Å². The quantitative estimate of drug-likeness (QED) is 0.737. The molecule has 0 aromatic heterocycles. The molecule has 0 unspecified atom stereocenters. The third kappa shape index (κ3) is 9.77. The molecule has 0 saturated carbocycles. The second kappa shape index (κ2) is 4.55. The third-order valence-corrected chi connectivity index (χ3v) is 18.1. The second-order valence-corrected chi connectivity index (χ2v) is 24.4. The summed E-state index contributed by atoms with van der Waals surface area (Å²) in [5.74, 6) is 0. The molecule has 13 heavy (non-hydrogen) atoms. The van der Waals surface area contributed by atoms with Crippen LogP contribution in [0.15, 0.2) is 0 Å². The Balaban J connectivity index is 4.25. The molecule has 0 heterocycles. The minimum atomic E-state index is -3.41. The zero-order valence-electron chi connectivity index (χ0n) is 9.07. The maximum absolute atomic E-state index is 6.08. The van der Waals surface area contributed by atoms with Crippen molar-refractivity contribution in [2.75, 3.05) is 0 Å². The van der Waals surface area contributed by atoms with Gasteiger partial charge in [0.05, 0.1) is 0 Å². The molecule has 0 atom stereocenters. The first-order chi connectivity index (χ1) is 5.41. The Bertz CT molecular complexity index is 158. The monoisotopic (exact) mass is 322 g/mol. The van der Waals surface area contributed by atoms with Crippen LogP contribution in [0, 0.1) is 0 Å². The van der Waals surface area contributed by atoms with Gasteiger partial charge < -0.3 is 0 Å². The van der Waals surface area contributed by atoms with Crippen molar-refractivity contribution in [2.45, 2.75) is 39.3 Å². The van der Waals surface area contributed by atoms with E-state index >= 15 is 0 Å². The van der Waals surface area contributed by atoms with Gasteiger partial charge in [0.25, 0.3) is 0 Å². The summed E-state index contributed by atoms with van der Waals surface area (Å²) in [5, 5.41) is 0. The van der Waals surface area contributed by atoms with E-state index in [4.69, 9.17) is 26.9 Å². The molecule has 0 rings (SSSR count). The van der Waals surface area contributed by atoms with Crippen molar-refractivity contribution in [3.05, 3.63) is 0 Å². The van der Waals surface area contributed by atoms with E-state index in [0.29, 0.717) is 0 Å². The normalized spacial score (nSPS) is 14.8. The van der Waals surface area contributed by atoms with Crippen LogP contribution in [-0.4, -0.2) is 28.7 Å². The molecule has 0 fully saturated rings. The van der Waals surface area contributed by atoms with Crippen molar-refractivity contribution in [1.29, 1.82) is 0 Å². The van der Waals surface area contributed by atoms with Crippen molar-refractivity contribution in [3.63, 3.8) is 0 Å². The molecule has 0 saturated heterocycles. The van der Waals surface area contributed by atoms with Gasteiger partial charge in [-0.15, -0.1) is 0 Å². The molecule has 2 nitrogen and oxygen atoms in total. The van der Waals surface area contributed by atoms with Crippen LogP contribution in [0.5, 0.6) is 0 Å². The van der Waals surface area contributed by atoms with Crippen LogP contribution < -0.4 is 0 Å². The molecule has 0 aromatic carbocycles. The van der Waals surface area contributed by atoms with Gasteiger partial charge in [-0.1, -0.05) is 0 Å². The number of hydrogen-bond acceptors (Lipinski definition) is 2. The number of rotatable bonds is 4. The molecule has 0 aliphatic rings. The van der Waals surface area contributed by atoms with Gasteiger partial charge in [0.1, 0.15) is 0 Å². The van der Waals surface area contributed by atoms with E-state index in [2.05, 4.69) is 39.3 Å². The maximum atomic E-state index is 6.08. The van der Waals surface area contributed by atoms with Gasteiger partial charge in [0.2, 0.25) is 0 Å². The second-order valence-electron chi connectivity index (χ2n) is 4.89. The summed E-state index contributed by atoms with van der Waals surface area (Å²) in [6, 6.07) is 0. The predicted octanol–water partition coefficient (Wildman–Crippen LogP) is 3.60. The fourth-order valence-electron chi connectivity index (χ4n) is 0.734. The summed E-state index contributed by atoms with van der Waals surface area (Å²) in [5.41, 5.74) is 0. The summed E-state index contributed by atoms with van der Waals surface area (Å²) in [6.45, 7) is 12.4. The molecule has 0 spiro atoms. The van der Waals surface area contributed by atoms with E-state index in [0.717, 1.165) is 0 Å². The fraction of sp³-hybridized carbons (Fsp3) is 1.00. The Morgan fingerprint density at radius 1 is 0.769 bits per heavy atom. The minimum absolute atomic E-state index is 1.68. The summed E-state index contributed by atoms with van der Waals surface area (Å²) < 4.78 is 11.3. The van der Waals surface area contributed by atoms with E-state index in [1.165, 1.54) is 0 Å². The topological polar surface area (TPSA) is 18.5 Å². The summed E-state index contributed by atoms with van der Waals surface area (Å²) in [4.78, 5) is 0. The zero-order chi connectivity index (χ0) is 10.9. The van der Waals surface area contributed by atoms with Gasteiger partial charge in [-0.05, 0) is 0 Å². The van der Waals surface area contributed by atoms with Crippen molar-refractivity contribution in [1.82, 2.24) is 0 Å². The van der Waals surface area contributed by atoms with E-state index < -0.39 is 28.7 Å². The molecule has 0 aromatic rings. The van der Waals surface area contributed by atoms with E-state index in [9.17, 15) is 0 Å². The summed E-state index contributed by atoms with van der Waals surface area (Å²) in [7, 11) is 8.82. The van der Waals surface area contributed by atoms with Crippen LogP contribution >= 0.6 is 20.0 Å². The van der Waals surface area contributed by atoms with Gasteiger partial charge in [-0.3, -0.25) is 0 Å². The Hall–Kier alpha value is 1.48. The van der Waals surface area contributed by atoms with Crippen molar-refractivity contribution < 1.29 is 6.91 Å². The van der Waals surface area contributed by atoms with E-state index in [1.54, 1.807) is 0 Å². The van der Waals surface area contributed by atoms with Gasteiger partial charge >= 0.3 is 94.9 Å². The van der Waals surface area contributed by atoms with Gasteiger partial charge in [0, 0.05) is 0 Å². The molecule has 0 aliphatic carbocycles. The first kappa shape index (κ1) is 14.5. The first-order valence-corrected chi connectivity index (χ1v) is 18.2. The van der Waals surface area contributed by atoms with E-state index in [1.807, 2.05) is 0 Å². The van der Waals surface area contributed by atoms with Crippen molar-refractivity contribution >= 4 is 48.7 Å². The van der Waals surface area contributed by atoms with Crippen molar-refractivity contribution in [3.8, 4) is 0 Å². The molecular formula is C6H18Cl2GeO2Si2. The van der Waals surface area contributed by atoms with Crippen LogP contribution in [0.1, 0.15) is 0 Å². The average molecular weight is 322 g/mol. The van der Waals surface area contributed by atoms with Crippen molar-refractivity contribution in [2.24, 2.45) is 0 Å². The van der Waals surface area contributed by atoms with Crippen LogP contribution in [0.3, 0.4) is 0 Å². The van der Waals surface area contributed by atoms with Crippen LogP contribution in [0.25, 0.3) is 0 Å². The first-order valence-electron chi connectivity index (χ1n) is 4.19. The molecule has 0 aliphatic heterocycles. The van der Waals surface area contributed by atoms with Gasteiger partial charge in [0.15, 0.2) is 0 Å². The fourth-order valence-corrected chi connectivity index (χ4v) is 26.5. The number of halogens is 2. The van der Waals surface area contributed by atoms with Gasteiger partial charge in [-0.25, -0.2) is 0 Å².